The van der Waals surface area contributed by atoms with Crippen molar-refractivity contribution in [1.29, 1.82) is 0 Å². The summed E-state index contributed by atoms with van der Waals surface area (Å²) in [5.41, 5.74) is 1.38. The Labute approximate surface area is 108 Å². The standard InChI is InChI=1S/C12H13IO3/c1-12(2)6-8-9(13)5-4-7(10(8)16-12)11(14)15-3/h4-5H,6H2,1-3H3. The zero-order chi connectivity index (χ0) is 11.9. The first-order valence-corrected chi connectivity index (χ1v) is 6.11. The van der Waals surface area contributed by atoms with Crippen LogP contribution in [-0.2, 0) is 11.2 Å². The van der Waals surface area contributed by atoms with Crippen molar-refractivity contribution < 1.29 is 14.3 Å². The van der Waals surface area contributed by atoms with Gasteiger partial charge in [-0.2, -0.15) is 0 Å². The van der Waals surface area contributed by atoms with E-state index in [0.29, 0.717) is 11.3 Å². The molecule has 3 nitrogen and oxygen atoms in total. The van der Waals surface area contributed by atoms with Gasteiger partial charge in [-0.3, -0.25) is 0 Å². The van der Waals surface area contributed by atoms with Gasteiger partial charge in [0.25, 0.3) is 0 Å². The van der Waals surface area contributed by atoms with Crippen LogP contribution in [0.5, 0.6) is 5.75 Å². The van der Waals surface area contributed by atoms with E-state index in [1.807, 2.05) is 19.9 Å². The Bertz CT molecular complexity index is 452. The Morgan fingerprint density at radius 3 is 2.81 bits per heavy atom. The molecular weight excluding hydrogens is 319 g/mol. The smallest absolute Gasteiger partial charge is 0.341 e. The van der Waals surface area contributed by atoms with Gasteiger partial charge in [0.1, 0.15) is 16.9 Å². The number of halogens is 1. The number of hydrogen-bond acceptors (Lipinski definition) is 3. The van der Waals surface area contributed by atoms with Crippen LogP contribution in [0, 0.1) is 3.57 Å². The first-order valence-electron chi connectivity index (χ1n) is 5.03. The predicted octanol–water partition coefficient (Wildman–Crippen LogP) is 2.79. The maximum absolute atomic E-state index is 11.6. The molecule has 0 atom stereocenters. The largest absolute Gasteiger partial charge is 0.486 e. The van der Waals surface area contributed by atoms with Crippen LogP contribution in [0.1, 0.15) is 29.8 Å². The van der Waals surface area contributed by atoms with Gasteiger partial charge in [0.15, 0.2) is 0 Å². The lowest BCUT2D eigenvalue weighted by Gasteiger charge is -2.17. The van der Waals surface area contributed by atoms with Gasteiger partial charge in [-0.15, -0.1) is 0 Å². The van der Waals surface area contributed by atoms with Gasteiger partial charge in [-0.1, -0.05) is 0 Å². The molecular formula is C12H13IO3. The summed E-state index contributed by atoms with van der Waals surface area (Å²) in [4.78, 5) is 11.6. The van der Waals surface area contributed by atoms with Gasteiger partial charge >= 0.3 is 5.97 Å². The molecule has 1 aromatic rings. The van der Waals surface area contributed by atoms with Crippen molar-refractivity contribution in [3.8, 4) is 5.75 Å². The number of carbonyl (C=O) groups excluding carboxylic acids is 1. The van der Waals surface area contributed by atoms with Gasteiger partial charge in [0.2, 0.25) is 0 Å². The molecule has 1 heterocycles. The van der Waals surface area contributed by atoms with Crippen molar-refractivity contribution in [3.05, 3.63) is 26.8 Å². The molecule has 0 amide bonds. The van der Waals surface area contributed by atoms with Crippen LogP contribution < -0.4 is 4.74 Å². The quantitative estimate of drug-likeness (QED) is 0.586. The van der Waals surface area contributed by atoms with E-state index in [0.717, 1.165) is 15.6 Å². The molecule has 0 unspecified atom stereocenters. The van der Waals surface area contributed by atoms with Crippen molar-refractivity contribution in [2.45, 2.75) is 25.9 Å². The number of methoxy groups -OCH3 is 1. The Kier molecular flexibility index (Phi) is 2.86. The molecule has 0 aliphatic carbocycles. The molecule has 16 heavy (non-hydrogen) atoms. The zero-order valence-corrected chi connectivity index (χ0v) is 11.6. The predicted molar refractivity (Wildman–Crippen MR) is 68.9 cm³/mol. The van der Waals surface area contributed by atoms with E-state index in [2.05, 4.69) is 22.6 Å². The third kappa shape index (κ3) is 1.90. The molecule has 0 fully saturated rings. The van der Waals surface area contributed by atoms with Crippen LogP contribution >= 0.6 is 22.6 Å². The molecule has 0 bridgehead atoms. The molecule has 1 aliphatic heterocycles. The van der Waals surface area contributed by atoms with Crippen LogP contribution in [0.25, 0.3) is 0 Å². The maximum Gasteiger partial charge on any atom is 0.341 e. The average Bonchev–Trinajstić information content (AvgIpc) is 2.54. The summed E-state index contributed by atoms with van der Waals surface area (Å²) in [5, 5.41) is 0. The molecule has 0 aromatic heterocycles. The number of benzene rings is 1. The molecule has 0 radical (unpaired) electrons. The minimum absolute atomic E-state index is 0.244. The lowest BCUT2D eigenvalue weighted by atomic mass is 10.0. The summed E-state index contributed by atoms with van der Waals surface area (Å²) >= 11 is 2.26. The van der Waals surface area contributed by atoms with Crippen molar-refractivity contribution in [1.82, 2.24) is 0 Å². The lowest BCUT2D eigenvalue weighted by molar-refractivity contribution is 0.0590. The highest BCUT2D eigenvalue weighted by Gasteiger charge is 2.34. The Hall–Kier alpha value is -0.780. The number of rotatable bonds is 1. The molecule has 0 saturated carbocycles. The van der Waals surface area contributed by atoms with E-state index in [-0.39, 0.29) is 11.6 Å². The lowest BCUT2D eigenvalue weighted by Crippen LogP contribution is -2.25. The normalized spacial score (nSPS) is 16.5. The second-order valence-electron chi connectivity index (χ2n) is 4.43. The van der Waals surface area contributed by atoms with Crippen LogP contribution in [0.2, 0.25) is 0 Å². The highest BCUT2D eigenvalue weighted by atomic mass is 127. The number of hydrogen-bond donors (Lipinski definition) is 0. The highest BCUT2D eigenvalue weighted by Crippen LogP contribution is 2.40. The Morgan fingerprint density at radius 1 is 1.50 bits per heavy atom. The fourth-order valence-electron chi connectivity index (χ4n) is 1.89. The van der Waals surface area contributed by atoms with E-state index >= 15 is 0 Å². The fraction of sp³-hybridized carbons (Fsp3) is 0.417. The summed E-state index contributed by atoms with van der Waals surface area (Å²) in [6.07, 6.45) is 0.825. The summed E-state index contributed by atoms with van der Waals surface area (Å²) in [6.45, 7) is 4.04. The summed E-state index contributed by atoms with van der Waals surface area (Å²) < 4.78 is 11.7. The monoisotopic (exact) mass is 332 g/mol. The van der Waals surface area contributed by atoms with Gasteiger partial charge in [-0.25, -0.2) is 4.79 Å². The van der Waals surface area contributed by atoms with Crippen LogP contribution in [-0.4, -0.2) is 18.7 Å². The molecule has 4 heteroatoms. The summed E-state index contributed by atoms with van der Waals surface area (Å²) in [7, 11) is 1.38. The minimum atomic E-state index is -0.342. The van der Waals surface area contributed by atoms with Crippen LogP contribution in [0.3, 0.4) is 0 Å². The van der Waals surface area contributed by atoms with E-state index in [4.69, 9.17) is 9.47 Å². The van der Waals surface area contributed by atoms with Crippen LogP contribution in [0.15, 0.2) is 12.1 Å². The highest BCUT2D eigenvalue weighted by molar-refractivity contribution is 14.1. The topological polar surface area (TPSA) is 35.5 Å². The van der Waals surface area contributed by atoms with Gasteiger partial charge in [-0.05, 0) is 48.6 Å². The average molecular weight is 332 g/mol. The van der Waals surface area contributed by atoms with Crippen molar-refractivity contribution >= 4 is 28.6 Å². The number of ether oxygens (including phenoxy) is 2. The first-order chi connectivity index (χ1) is 7.44. The van der Waals surface area contributed by atoms with Crippen LogP contribution in [0.4, 0.5) is 0 Å². The summed E-state index contributed by atoms with van der Waals surface area (Å²) in [5.74, 6) is 0.342. The Balaban J connectivity index is 2.54. The first kappa shape index (κ1) is 11.7. The molecule has 0 saturated heterocycles. The van der Waals surface area contributed by atoms with E-state index in [1.165, 1.54) is 7.11 Å². The van der Waals surface area contributed by atoms with E-state index in [9.17, 15) is 4.79 Å². The molecule has 2 rings (SSSR count). The second kappa shape index (κ2) is 3.91. The molecule has 1 aromatic carbocycles. The number of fused-ring (bicyclic) bond motifs is 1. The number of carbonyl (C=O) groups is 1. The van der Waals surface area contributed by atoms with Gasteiger partial charge < -0.3 is 9.47 Å². The van der Waals surface area contributed by atoms with E-state index < -0.39 is 0 Å². The van der Waals surface area contributed by atoms with Crippen molar-refractivity contribution in [3.63, 3.8) is 0 Å². The molecule has 86 valence electrons. The van der Waals surface area contributed by atoms with E-state index in [1.54, 1.807) is 6.07 Å². The molecule has 0 N–H and O–H groups in total. The number of esters is 1. The minimum Gasteiger partial charge on any atom is -0.486 e. The fourth-order valence-corrected chi connectivity index (χ4v) is 2.51. The van der Waals surface area contributed by atoms with Crippen molar-refractivity contribution in [2.75, 3.05) is 7.11 Å². The summed E-state index contributed by atoms with van der Waals surface area (Å²) in [6, 6.07) is 3.68. The maximum atomic E-state index is 11.6. The zero-order valence-electron chi connectivity index (χ0n) is 9.46. The molecule has 1 aliphatic rings. The second-order valence-corrected chi connectivity index (χ2v) is 5.59. The SMILES string of the molecule is COC(=O)c1ccc(I)c2c1OC(C)(C)C2. The van der Waals surface area contributed by atoms with Gasteiger partial charge in [0.05, 0.1) is 7.11 Å². The third-order valence-electron chi connectivity index (χ3n) is 2.59. The van der Waals surface area contributed by atoms with Gasteiger partial charge in [0, 0.05) is 15.6 Å². The Morgan fingerprint density at radius 2 is 2.19 bits per heavy atom. The third-order valence-corrected chi connectivity index (χ3v) is 3.60. The van der Waals surface area contributed by atoms with Crippen molar-refractivity contribution in [2.24, 2.45) is 0 Å². The molecule has 0 spiro atoms.